The van der Waals surface area contributed by atoms with Gasteiger partial charge in [0.25, 0.3) is 0 Å². The number of anilines is 1. The van der Waals surface area contributed by atoms with E-state index in [1.807, 2.05) is 55.7 Å². The third-order valence-corrected chi connectivity index (χ3v) is 5.44. The first-order valence-corrected chi connectivity index (χ1v) is 11.3. The van der Waals surface area contributed by atoms with Crippen LogP contribution in [0.15, 0.2) is 78.1 Å². The number of nitrogens with one attached hydrogen (secondary N) is 2. The molecule has 7 heteroatoms. The predicted molar refractivity (Wildman–Crippen MR) is 135 cm³/mol. The fraction of sp³-hybridized carbons (Fsp3) is 0.167. The van der Waals surface area contributed by atoms with Gasteiger partial charge in [-0.3, -0.25) is 14.7 Å². The Morgan fingerprint density at radius 1 is 1.16 bits per heavy atom. The number of hydrogen-bond acceptors (Lipinski definition) is 6. The molecule has 2 aromatic carbocycles. The van der Waals surface area contributed by atoms with E-state index in [4.69, 9.17) is 17.3 Å². The lowest BCUT2D eigenvalue weighted by atomic mass is 10.00. The van der Waals surface area contributed by atoms with Gasteiger partial charge in [0.2, 0.25) is 0 Å². The number of halogens is 1. The molecule has 0 aliphatic rings. The molecule has 3 rings (SSSR count). The van der Waals surface area contributed by atoms with Crippen molar-refractivity contribution in [2.45, 2.75) is 6.54 Å². The Hall–Kier alpha value is -2.80. The summed E-state index contributed by atoms with van der Waals surface area (Å²) in [5, 5.41) is 4.18. The van der Waals surface area contributed by atoms with E-state index >= 15 is 0 Å². The van der Waals surface area contributed by atoms with Gasteiger partial charge in [-0.05, 0) is 60.1 Å². The summed E-state index contributed by atoms with van der Waals surface area (Å²) in [4.78, 5) is 8.55. The first kappa shape index (κ1) is 22.9. The second kappa shape index (κ2) is 12.2. The summed E-state index contributed by atoms with van der Waals surface area (Å²) in [5.41, 5.74) is 12.2. The topological polar surface area (TPSA) is 75.3 Å². The number of nitrogens with two attached hydrogens (primary N) is 1. The van der Waals surface area contributed by atoms with Crippen molar-refractivity contribution >= 4 is 41.1 Å². The van der Waals surface area contributed by atoms with Gasteiger partial charge in [0.05, 0.1) is 6.54 Å². The predicted octanol–water partition coefficient (Wildman–Crippen LogP) is 5.25. The quantitative estimate of drug-likeness (QED) is 0.223. The molecule has 5 nitrogen and oxygen atoms in total. The molecule has 3 aromatic rings. The molecule has 31 heavy (non-hydrogen) atoms. The summed E-state index contributed by atoms with van der Waals surface area (Å²) in [6.45, 7) is 1.38. The molecule has 0 radical (unpaired) electrons. The van der Waals surface area contributed by atoms with Crippen molar-refractivity contribution in [1.29, 1.82) is 0 Å². The summed E-state index contributed by atoms with van der Waals surface area (Å²) in [5.74, 6) is 0.933. The third kappa shape index (κ3) is 7.14. The number of pyridine rings is 1. The number of benzene rings is 2. The van der Waals surface area contributed by atoms with Crippen LogP contribution in [-0.2, 0) is 6.54 Å². The lowest BCUT2D eigenvalue weighted by molar-refractivity contribution is 1.05. The standard InChI is InChI=1S/C24H26ClN5S/c1-27-31-13-12-30-24-8-7-20(19-5-2-6-21(25)14-19)15-22(24)23(26)9-11-29-17-18-4-3-10-28-16-18/h2-11,14-16,27,30H,12-13,17,26H2,1H3/b23-9-,29-11?. The molecule has 0 aliphatic carbocycles. The summed E-state index contributed by atoms with van der Waals surface area (Å²) >= 11 is 7.84. The van der Waals surface area contributed by atoms with Gasteiger partial charge in [0, 0.05) is 52.9 Å². The maximum absolute atomic E-state index is 6.46. The fourth-order valence-corrected chi connectivity index (χ4v) is 3.59. The Balaban J connectivity index is 1.83. The van der Waals surface area contributed by atoms with Crippen molar-refractivity contribution in [3.05, 3.63) is 89.2 Å². The van der Waals surface area contributed by atoms with Gasteiger partial charge in [-0.25, -0.2) is 0 Å². The summed E-state index contributed by atoms with van der Waals surface area (Å²) in [6.07, 6.45) is 7.14. The Kier molecular flexibility index (Phi) is 8.97. The van der Waals surface area contributed by atoms with Crippen molar-refractivity contribution in [3.8, 4) is 11.1 Å². The van der Waals surface area contributed by atoms with E-state index in [0.717, 1.165) is 40.2 Å². The van der Waals surface area contributed by atoms with Crippen LogP contribution in [0.1, 0.15) is 11.1 Å². The van der Waals surface area contributed by atoms with Crippen LogP contribution >= 0.6 is 23.5 Å². The normalized spacial score (nSPS) is 11.7. The fourth-order valence-electron chi connectivity index (χ4n) is 3.00. The first-order valence-electron chi connectivity index (χ1n) is 9.94. The second-order valence-electron chi connectivity index (χ2n) is 6.72. The highest BCUT2D eigenvalue weighted by Gasteiger charge is 2.08. The molecular formula is C24H26ClN5S. The molecular weight excluding hydrogens is 426 g/mol. The number of aliphatic imine (C=N–C) groups is 1. The van der Waals surface area contributed by atoms with Crippen LogP contribution in [0.2, 0.25) is 5.02 Å². The molecule has 1 aromatic heterocycles. The molecule has 0 saturated heterocycles. The molecule has 1 heterocycles. The van der Waals surface area contributed by atoms with E-state index in [9.17, 15) is 0 Å². The first-order chi connectivity index (χ1) is 15.2. The summed E-state index contributed by atoms with van der Waals surface area (Å²) < 4.78 is 3.08. The highest BCUT2D eigenvalue weighted by Crippen LogP contribution is 2.29. The van der Waals surface area contributed by atoms with Crippen LogP contribution in [0.25, 0.3) is 16.8 Å². The molecule has 0 amide bonds. The third-order valence-electron chi connectivity index (χ3n) is 4.51. The minimum Gasteiger partial charge on any atom is -0.398 e. The van der Waals surface area contributed by atoms with Crippen molar-refractivity contribution in [2.24, 2.45) is 10.7 Å². The average Bonchev–Trinajstić information content (AvgIpc) is 2.80. The van der Waals surface area contributed by atoms with Gasteiger partial charge in [0.1, 0.15) is 0 Å². The Morgan fingerprint density at radius 3 is 2.81 bits per heavy atom. The molecule has 0 bridgehead atoms. The largest absolute Gasteiger partial charge is 0.398 e. The van der Waals surface area contributed by atoms with Crippen LogP contribution in [0.4, 0.5) is 5.69 Å². The summed E-state index contributed by atoms with van der Waals surface area (Å²) in [7, 11) is 1.92. The van der Waals surface area contributed by atoms with E-state index < -0.39 is 0 Å². The van der Waals surface area contributed by atoms with Crippen molar-refractivity contribution in [1.82, 2.24) is 9.71 Å². The van der Waals surface area contributed by atoms with E-state index in [-0.39, 0.29) is 0 Å². The minimum atomic E-state index is 0.562. The van der Waals surface area contributed by atoms with E-state index in [0.29, 0.717) is 17.3 Å². The SMILES string of the molecule is CNSCCNc1ccc(-c2cccc(Cl)c2)cc1/C(N)=C/C=NCc1cccnc1. The molecule has 0 atom stereocenters. The van der Waals surface area contributed by atoms with Crippen LogP contribution < -0.4 is 15.8 Å². The average molecular weight is 452 g/mol. The molecule has 0 fully saturated rings. The number of aromatic nitrogens is 1. The molecule has 0 spiro atoms. The second-order valence-corrected chi connectivity index (χ2v) is 8.26. The zero-order chi connectivity index (χ0) is 21.9. The minimum absolute atomic E-state index is 0.562. The Bertz CT molecular complexity index is 1040. The highest BCUT2D eigenvalue weighted by atomic mass is 35.5. The summed E-state index contributed by atoms with van der Waals surface area (Å²) in [6, 6.07) is 17.9. The van der Waals surface area contributed by atoms with Crippen molar-refractivity contribution < 1.29 is 0 Å². The van der Waals surface area contributed by atoms with E-state index in [2.05, 4.69) is 38.2 Å². The Labute approximate surface area is 193 Å². The van der Waals surface area contributed by atoms with Gasteiger partial charge in [0.15, 0.2) is 0 Å². The van der Waals surface area contributed by atoms with Gasteiger partial charge in [-0.1, -0.05) is 47.8 Å². The molecule has 160 valence electrons. The van der Waals surface area contributed by atoms with Crippen molar-refractivity contribution in [2.75, 3.05) is 24.7 Å². The number of nitrogens with zero attached hydrogens (tertiary/aromatic N) is 2. The van der Waals surface area contributed by atoms with Crippen molar-refractivity contribution in [3.63, 3.8) is 0 Å². The monoisotopic (exact) mass is 451 g/mol. The van der Waals surface area contributed by atoms with Crippen LogP contribution in [-0.4, -0.2) is 30.5 Å². The Morgan fingerprint density at radius 2 is 2.03 bits per heavy atom. The zero-order valence-electron chi connectivity index (χ0n) is 17.4. The molecule has 0 unspecified atom stereocenters. The van der Waals surface area contributed by atoms with Gasteiger partial charge < -0.3 is 11.1 Å². The van der Waals surface area contributed by atoms with E-state index in [1.54, 1.807) is 24.4 Å². The van der Waals surface area contributed by atoms with Gasteiger partial charge in [-0.2, -0.15) is 0 Å². The van der Waals surface area contributed by atoms with Crippen LogP contribution in [0, 0.1) is 0 Å². The molecule has 0 aliphatic heterocycles. The van der Waals surface area contributed by atoms with Crippen LogP contribution in [0.5, 0.6) is 0 Å². The maximum atomic E-state index is 6.46. The van der Waals surface area contributed by atoms with Gasteiger partial charge >= 0.3 is 0 Å². The van der Waals surface area contributed by atoms with E-state index in [1.165, 1.54) is 0 Å². The van der Waals surface area contributed by atoms with Gasteiger partial charge in [-0.15, -0.1) is 0 Å². The molecule has 4 N–H and O–H groups in total. The highest BCUT2D eigenvalue weighted by molar-refractivity contribution is 7.97. The lowest BCUT2D eigenvalue weighted by Gasteiger charge is -2.14. The smallest absolute Gasteiger partial charge is 0.0654 e. The zero-order valence-corrected chi connectivity index (χ0v) is 19.0. The number of hydrogen-bond donors (Lipinski definition) is 3. The lowest BCUT2D eigenvalue weighted by Crippen LogP contribution is -2.10. The maximum Gasteiger partial charge on any atom is 0.0654 e. The van der Waals surface area contributed by atoms with Crippen LogP contribution in [0.3, 0.4) is 0 Å². The number of allylic oxidation sites excluding steroid dienone is 1. The molecule has 0 saturated carbocycles. The number of rotatable bonds is 10.